The van der Waals surface area contributed by atoms with Gasteiger partial charge in [0.25, 0.3) is 21.6 Å². The summed E-state index contributed by atoms with van der Waals surface area (Å²) in [5, 5.41) is 13.5. The van der Waals surface area contributed by atoms with Crippen molar-refractivity contribution >= 4 is 39.2 Å². The van der Waals surface area contributed by atoms with Crippen molar-refractivity contribution in [3.63, 3.8) is 0 Å². The first-order chi connectivity index (χ1) is 13.5. The summed E-state index contributed by atoms with van der Waals surface area (Å²) in [4.78, 5) is 45.1. The van der Waals surface area contributed by atoms with E-state index in [2.05, 4.69) is 10.1 Å². The molecule has 11 nitrogen and oxygen atoms in total. The number of benzene rings is 2. The van der Waals surface area contributed by atoms with Gasteiger partial charge in [-0.2, -0.15) is 0 Å². The Hall–Kier alpha value is -3.80. The van der Waals surface area contributed by atoms with Crippen LogP contribution >= 0.6 is 0 Å². The Kier molecular flexibility index (Phi) is 6.28. The van der Waals surface area contributed by atoms with Gasteiger partial charge in [-0.05, 0) is 30.3 Å². The number of nitrogens with one attached hydrogen (secondary N) is 2. The highest BCUT2D eigenvalue weighted by molar-refractivity contribution is 7.90. The monoisotopic (exact) mass is 421 g/mol. The Morgan fingerprint density at radius 1 is 1.03 bits per heavy atom. The van der Waals surface area contributed by atoms with E-state index in [4.69, 9.17) is 0 Å². The van der Waals surface area contributed by atoms with E-state index >= 15 is 0 Å². The maximum absolute atomic E-state index is 12.4. The van der Waals surface area contributed by atoms with E-state index in [1.165, 1.54) is 12.1 Å². The second-order valence-electron chi connectivity index (χ2n) is 5.66. The molecule has 12 heteroatoms. The largest absolute Gasteiger partial charge is 0.465 e. The van der Waals surface area contributed by atoms with Gasteiger partial charge in [0.15, 0.2) is 0 Å². The molecule has 0 bridgehead atoms. The Labute approximate surface area is 164 Å². The standard InChI is InChI=1S/C17H15N3O8S/c1-10(21)19-29(26,27)15-5-3-13(4-6-15)18-16(22)11-7-12(17(23)28-2)9-14(8-11)20(24)25/h3-9H,1-2H3,(H,18,22)(H,19,21). The molecule has 0 radical (unpaired) electrons. The number of methoxy groups -OCH3 is 1. The van der Waals surface area contributed by atoms with Gasteiger partial charge in [0.1, 0.15) is 0 Å². The molecule has 152 valence electrons. The quantitative estimate of drug-likeness (QED) is 0.402. The molecule has 2 aromatic carbocycles. The van der Waals surface area contributed by atoms with Crippen molar-refractivity contribution in [3.8, 4) is 0 Å². The van der Waals surface area contributed by atoms with Gasteiger partial charge in [-0.25, -0.2) is 17.9 Å². The molecule has 0 unspecified atom stereocenters. The molecule has 2 aromatic rings. The van der Waals surface area contributed by atoms with Crippen LogP contribution in [0.3, 0.4) is 0 Å². The molecule has 0 aliphatic heterocycles. The van der Waals surface area contributed by atoms with Crippen LogP contribution in [-0.4, -0.2) is 38.2 Å². The fourth-order valence-corrected chi connectivity index (χ4v) is 3.24. The van der Waals surface area contributed by atoms with Crippen LogP contribution in [0, 0.1) is 10.1 Å². The first-order valence-electron chi connectivity index (χ1n) is 7.86. The third-order valence-corrected chi connectivity index (χ3v) is 4.96. The number of sulfonamides is 1. The van der Waals surface area contributed by atoms with Crippen LogP contribution < -0.4 is 10.0 Å². The van der Waals surface area contributed by atoms with E-state index in [1.807, 2.05) is 0 Å². The fourth-order valence-electron chi connectivity index (χ4n) is 2.25. The number of nitrogens with zero attached hydrogens (tertiary/aromatic N) is 1. The molecule has 2 N–H and O–H groups in total. The lowest BCUT2D eigenvalue weighted by Gasteiger charge is -2.08. The van der Waals surface area contributed by atoms with Crippen molar-refractivity contribution in [2.24, 2.45) is 0 Å². The maximum Gasteiger partial charge on any atom is 0.338 e. The van der Waals surface area contributed by atoms with Crippen LogP contribution in [0.5, 0.6) is 0 Å². The van der Waals surface area contributed by atoms with E-state index in [9.17, 15) is 32.9 Å². The molecule has 2 rings (SSSR count). The minimum Gasteiger partial charge on any atom is -0.465 e. The molecule has 0 aliphatic carbocycles. The number of nitro groups is 1. The van der Waals surface area contributed by atoms with Crippen molar-refractivity contribution in [2.45, 2.75) is 11.8 Å². The number of esters is 1. The number of nitro benzene ring substituents is 1. The SMILES string of the molecule is COC(=O)c1cc(C(=O)Nc2ccc(S(=O)(=O)NC(C)=O)cc2)cc([N+](=O)[O-])c1. The smallest absolute Gasteiger partial charge is 0.338 e. The minimum atomic E-state index is -4.03. The van der Waals surface area contributed by atoms with Gasteiger partial charge in [0, 0.05) is 30.3 Å². The average Bonchev–Trinajstić information content (AvgIpc) is 2.66. The maximum atomic E-state index is 12.4. The predicted molar refractivity (Wildman–Crippen MR) is 99.8 cm³/mol. The van der Waals surface area contributed by atoms with Gasteiger partial charge in [0.2, 0.25) is 5.91 Å². The summed E-state index contributed by atoms with van der Waals surface area (Å²) < 4.78 is 30.1. The number of anilines is 1. The zero-order valence-corrected chi connectivity index (χ0v) is 16.0. The lowest BCUT2D eigenvalue weighted by Crippen LogP contribution is -2.28. The first kappa shape index (κ1) is 21.5. The fraction of sp³-hybridized carbons (Fsp3) is 0.118. The van der Waals surface area contributed by atoms with Crippen molar-refractivity contribution in [1.29, 1.82) is 0 Å². The van der Waals surface area contributed by atoms with E-state index < -0.39 is 38.4 Å². The molecular weight excluding hydrogens is 406 g/mol. The van der Waals surface area contributed by atoms with E-state index in [-0.39, 0.29) is 21.7 Å². The summed E-state index contributed by atoms with van der Waals surface area (Å²) in [5.41, 5.74) is -0.643. The molecule has 0 saturated heterocycles. The van der Waals surface area contributed by atoms with Crippen molar-refractivity contribution < 1.29 is 32.5 Å². The second-order valence-corrected chi connectivity index (χ2v) is 7.34. The van der Waals surface area contributed by atoms with Crippen LogP contribution in [0.25, 0.3) is 0 Å². The molecule has 0 saturated carbocycles. The summed E-state index contributed by atoms with van der Waals surface area (Å²) in [7, 11) is -2.93. The number of carbonyl (C=O) groups is 3. The first-order valence-corrected chi connectivity index (χ1v) is 9.34. The van der Waals surface area contributed by atoms with Crippen LogP contribution in [0.4, 0.5) is 11.4 Å². The number of non-ortho nitro benzene ring substituents is 1. The Morgan fingerprint density at radius 3 is 2.14 bits per heavy atom. The van der Waals surface area contributed by atoms with Crippen molar-refractivity contribution in [1.82, 2.24) is 4.72 Å². The lowest BCUT2D eigenvalue weighted by molar-refractivity contribution is -0.384. The van der Waals surface area contributed by atoms with Gasteiger partial charge in [-0.1, -0.05) is 0 Å². The summed E-state index contributed by atoms with van der Waals surface area (Å²) >= 11 is 0. The van der Waals surface area contributed by atoms with E-state index in [0.717, 1.165) is 44.4 Å². The molecule has 0 spiro atoms. The van der Waals surface area contributed by atoms with Crippen LogP contribution in [0.1, 0.15) is 27.6 Å². The highest BCUT2D eigenvalue weighted by Crippen LogP contribution is 2.20. The number of rotatable bonds is 6. The third-order valence-electron chi connectivity index (χ3n) is 3.51. The third kappa shape index (κ3) is 5.35. The van der Waals surface area contributed by atoms with E-state index in [0.29, 0.717) is 0 Å². The number of ether oxygens (including phenoxy) is 1. The summed E-state index contributed by atoms with van der Waals surface area (Å²) in [6, 6.07) is 7.95. The Morgan fingerprint density at radius 2 is 1.62 bits per heavy atom. The molecule has 0 heterocycles. The molecule has 0 fully saturated rings. The van der Waals surface area contributed by atoms with Crippen molar-refractivity contribution in [2.75, 3.05) is 12.4 Å². The van der Waals surface area contributed by atoms with Gasteiger partial charge in [-0.3, -0.25) is 19.7 Å². The van der Waals surface area contributed by atoms with Crippen LogP contribution in [0.15, 0.2) is 47.4 Å². The number of hydrogen-bond acceptors (Lipinski definition) is 8. The van der Waals surface area contributed by atoms with Crippen LogP contribution in [-0.2, 0) is 19.6 Å². The molecule has 0 atom stereocenters. The average molecular weight is 421 g/mol. The Bertz CT molecular complexity index is 1090. The summed E-state index contributed by atoms with van der Waals surface area (Å²) in [6.45, 7) is 1.05. The lowest BCUT2D eigenvalue weighted by atomic mass is 10.1. The highest BCUT2D eigenvalue weighted by atomic mass is 32.2. The van der Waals surface area contributed by atoms with E-state index in [1.54, 1.807) is 4.72 Å². The van der Waals surface area contributed by atoms with Crippen molar-refractivity contribution in [3.05, 3.63) is 63.7 Å². The van der Waals surface area contributed by atoms with Gasteiger partial charge in [-0.15, -0.1) is 0 Å². The number of amides is 2. The minimum absolute atomic E-state index is 0.172. The Balaban J connectivity index is 2.28. The molecule has 0 aliphatic rings. The van der Waals surface area contributed by atoms with Gasteiger partial charge >= 0.3 is 5.97 Å². The predicted octanol–water partition coefficient (Wildman–Crippen LogP) is 1.46. The normalized spacial score (nSPS) is 10.7. The van der Waals surface area contributed by atoms with Gasteiger partial charge in [0.05, 0.1) is 22.5 Å². The molecular formula is C17H15N3O8S. The summed E-state index contributed by atoms with van der Waals surface area (Å²) in [6.07, 6.45) is 0. The zero-order chi connectivity index (χ0) is 21.8. The van der Waals surface area contributed by atoms with Gasteiger partial charge < -0.3 is 10.1 Å². The molecule has 0 aromatic heterocycles. The zero-order valence-electron chi connectivity index (χ0n) is 15.2. The molecule has 29 heavy (non-hydrogen) atoms. The highest BCUT2D eigenvalue weighted by Gasteiger charge is 2.19. The second kappa shape index (κ2) is 8.48. The number of hydrogen-bond donors (Lipinski definition) is 2. The molecule has 2 amide bonds. The van der Waals surface area contributed by atoms with Crippen LogP contribution in [0.2, 0.25) is 0 Å². The summed E-state index contributed by atoms with van der Waals surface area (Å²) in [5.74, 6) is -2.37. The topological polar surface area (TPSA) is 162 Å². The number of carbonyl (C=O) groups excluding carboxylic acids is 3.